The molecule has 7 heteroatoms. The highest BCUT2D eigenvalue weighted by Crippen LogP contribution is 2.29. The molecule has 1 aromatic heterocycles. The van der Waals surface area contributed by atoms with Gasteiger partial charge in [-0.25, -0.2) is 14.6 Å². The first-order valence-electron chi connectivity index (χ1n) is 6.13. The molecule has 0 bridgehead atoms. The number of amides is 2. The average molecular weight is 283 g/mol. The monoisotopic (exact) mass is 283 g/mol. The van der Waals surface area contributed by atoms with Crippen LogP contribution < -0.4 is 5.32 Å². The van der Waals surface area contributed by atoms with E-state index in [1.807, 2.05) is 6.92 Å². The number of hydrogen-bond donors (Lipinski definition) is 2. The van der Waals surface area contributed by atoms with Crippen molar-refractivity contribution in [2.45, 2.75) is 38.8 Å². The summed E-state index contributed by atoms with van der Waals surface area (Å²) in [6, 6.07) is -0.326. The molecule has 1 fully saturated rings. The van der Waals surface area contributed by atoms with Crippen LogP contribution in [0.1, 0.15) is 29.7 Å². The molecule has 1 saturated heterocycles. The number of aliphatic carboxylic acids is 1. The topological polar surface area (TPSA) is 82.5 Å². The Hall–Kier alpha value is -1.63. The highest BCUT2D eigenvalue weighted by Gasteiger charge is 2.45. The average Bonchev–Trinajstić information content (AvgIpc) is 2.93. The number of rotatable bonds is 3. The molecule has 0 radical (unpaired) electrons. The predicted octanol–water partition coefficient (Wildman–Crippen LogP) is 1.60. The van der Waals surface area contributed by atoms with Gasteiger partial charge in [0, 0.05) is 17.6 Å². The summed E-state index contributed by atoms with van der Waals surface area (Å²) in [5.74, 6) is -0.950. The van der Waals surface area contributed by atoms with Crippen LogP contribution in [0.4, 0.5) is 4.79 Å². The van der Waals surface area contributed by atoms with E-state index in [0.717, 1.165) is 16.3 Å². The molecule has 2 rings (SSSR count). The number of hydrogen-bond acceptors (Lipinski definition) is 4. The Morgan fingerprint density at radius 3 is 2.95 bits per heavy atom. The Morgan fingerprint density at radius 1 is 1.63 bits per heavy atom. The second-order valence-electron chi connectivity index (χ2n) is 4.84. The largest absolute Gasteiger partial charge is 0.480 e. The third-order valence-electron chi connectivity index (χ3n) is 3.43. The van der Waals surface area contributed by atoms with Crippen LogP contribution in [0.2, 0.25) is 0 Å². The number of aryl methyl sites for hydroxylation is 1. The molecule has 2 N–H and O–H groups in total. The number of carboxylic acid groups (broad SMARTS) is 1. The molecule has 0 spiro atoms. The molecule has 104 valence electrons. The molecule has 6 nitrogen and oxygen atoms in total. The molecule has 1 unspecified atom stereocenters. The minimum Gasteiger partial charge on any atom is -0.480 e. The number of urea groups is 1. The molecule has 1 atom stereocenters. The molecule has 1 aromatic rings. The zero-order chi connectivity index (χ0) is 14.0. The van der Waals surface area contributed by atoms with Gasteiger partial charge in [-0.1, -0.05) is 0 Å². The van der Waals surface area contributed by atoms with Crippen LogP contribution in [0.15, 0.2) is 6.20 Å². The summed E-state index contributed by atoms with van der Waals surface area (Å²) in [6.45, 7) is 4.36. The number of aromatic nitrogens is 1. The van der Waals surface area contributed by atoms with Gasteiger partial charge in [-0.15, -0.1) is 11.3 Å². The van der Waals surface area contributed by atoms with Crippen LogP contribution in [0.5, 0.6) is 0 Å². The van der Waals surface area contributed by atoms with Crippen molar-refractivity contribution in [3.63, 3.8) is 0 Å². The van der Waals surface area contributed by atoms with Crippen LogP contribution in [-0.2, 0) is 11.3 Å². The maximum atomic E-state index is 12.1. The number of thiazole rings is 1. The first kappa shape index (κ1) is 13.8. The molecule has 1 aliphatic heterocycles. The lowest BCUT2D eigenvalue weighted by Gasteiger charge is -2.31. The third-order valence-corrected chi connectivity index (χ3v) is 4.34. The maximum absolute atomic E-state index is 12.1. The van der Waals surface area contributed by atoms with E-state index in [1.54, 1.807) is 13.1 Å². The fourth-order valence-corrected chi connectivity index (χ4v) is 2.99. The van der Waals surface area contributed by atoms with Gasteiger partial charge in [0.25, 0.3) is 0 Å². The first-order chi connectivity index (χ1) is 8.93. The molecule has 2 amide bonds. The molecule has 1 aliphatic rings. The fourth-order valence-electron chi connectivity index (χ4n) is 2.26. The van der Waals surface area contributed by atoms with Gasteiger partial charge in [-0.3, -0.25) is 0 Å². The summed E-state index contributed by atoms with van der Waals surface area (Å²) in [5.41, 5.74) is -1.09. The Bertz CT molecular complexity index is 502. The van der Waals surface area contributed by atoms with Crippen LogP contribution in [0.25, 0.3) is 0 Å². The molecule has 0 aromatic carbocycles. The van der Waals surface area contributed by atoms with Crippen molar-refractivity contribution in [3.8, 4) is 0 Å². The van der Waals surface area contributed by atoms with E-state index in [4.69, 9.17) is 0 Å². The number of carboxylic acids is 1. The number of likely N-dealkylation sites (tertiary alicyclic amines) is 1. The second kappa shape index (κ2) is 5.16. The molecular formula is C12H17N3O3S. The van der Waals surface area contributed by atoms with Gasteiger partial charge in [-0.05, 0) is 26.7 Å². The zero-order valence-electron chi connectivity index (χ0n) is 11.0. The molecule has 0 aliphatic carbocycles. The lowest BCUT2D eigenvalue weighted by atomic mass is 10.00. The van der Waals surface area contributed by atoms with E-state index >= 15 is 0 Å². The van der Waals surface area contributed by atoms with Crippen LogP contribution in [0, 0.1) is 6.92 Å². The van der Waals surface area contributed by atoms with Gasteiger partial charge in [0.2, 0.25) is 0 Å². The number of nitrogens with zero attached hydrogens (tertiary/aromatic N) is 2. The summed E-state index contributed by atoms with van der Waals surface area (Å²) < 4.78 is 0. The van der Waals surface area contributed by atoms with E-state index in [-0.39, 0.29) is 6.03 Å². The summed E-state index contributed by atoms with van der Waals surface area (Å²) in [7, 11) is 0. The standard InChI is InChI=1S/C12H17N3O3S/c1-8-13-6-9(19-8)7-14-11(18)15-5-3-4-12(15,2)10(16)17/h6H,3-5,7H2,1-2H3,(H,14,18)(H,16,17). The van der Waals surface area contributed by atoms with E-state index in [0.29, 0.717) is 19.5 Å². The van der Waals surface area contributed by atoms with Gasteiger partial charge in [0.15, 0.2) is 0 Å². The quantitative estimate of drug-likeness (QED) is 0.882. The normalized spacial score (nSPS) is 22.5. The summed E-state index contributed by atoms with van der Waals surface area (Å²) in [4.78, 5) is 29.8. The third kappa shape index (κ3) is 2.70. The second-order valence-corrected chi connectivity index (χ2v) is 6.16. The van der Waals surface area contributed by atoms with Crippen molar-refractivity contribution < 1.29 is 14.7 Å². The van der Waals surface area contributed by atoms with Crippen molar-refractivity contribution in [1.29, 1.82) is 0 Å². The van der Waals surface area contributed by atoms with Gasteiger partial charge in [-0.2, -0.15) is 0 Å². The Morgan fingerprint density at radius 2 is 2.37 bits per heavy atom. The number of carbonyl (C=O) groups excluding carboxylic acids is 1. The maximum Gasteiger partial charge on any atom is 0.329 e. The van der Waals surface area contributed by atoms with Gasteiger partial charge < -0.3 is 15.3 Å². The van der Waals surface area contributed by atoms with Crippen molar-refractivity contribution in [2.75, 3.05) is 6.54 Å². The Balaban J connectivity index is 1.98. The van der Waals surface area contributed by atoms with Crippen molar-refractivity contribution in [1.82, 2.24) is 15.2 Å². The molecule has 2 heterocycles. The summed E-state index contributed by atoms with van der Waals surface area (Å²) in [6.07, 6.45) is 2.94. The first-order valence-corrected chi connectivity index (χ1v) is 6.95. The minimum absolute atomic E-state index is 0.326. The van der Waals surface area contributed by atoms with E-state index < -0.39 is 11.5 Å². The predicted molar refractivity (Wildman–Crippen MR) is 71.1 cm³/mol. The van der Waals surface area contributed by atoms with Crippen molar-refractivity contribution in [3.05, 3.63) is 16.1 Å². The highest BCUT2D eigenvalue weighted by molar-refractivity contribution is 7.11. The lowest BCUT2D eigenvalue weighted by molar-refractivity contribution is -0.147. The smallest absolute Gasteiger partial charge is 0.329 e. The van der Waals surface area contributed by atoms with Crippen LogP contribution in [0.3, 0.4) is 0 Å². The molecular weight excluding hydrogens is 266 g/mol. The number of nitrogens with one attached hydrogen (secondary N) is 1. The van der Waals surface area contributed by atoms with Gasteiger partial charge in [0.05, 0.1) is 11.6 Å². The molecule has 0 saturated carbocycles. The van der Waals surface area contributed by atoms with Crippen molar-refractivity contribution >= 4 is 23.3 Å². The Labute approximate surface area is 115 Å². The Kier molecular flexibility index (Phi) is 3.75. The zero-order valence-corrected chi connectivity index (χ0v) is 11.8. The van der Waals surface area contributed by atoms with E-state index in [9.17, 15) is 14.7 Å². The summed E-state index contributed by atoms with van der Waals surface area (Å²) >= 11 is 1.52. The lowest BCUT2D eigenvalue weighted by Crippen LogP contribution is -2.53. The van der Waals surface area contributed by atoms with Crippen LogP contribution >= 0.6 is 11.3 Å². The fraction of sp³-hybridized carbons (Fsp3) is 0.583. The summed E-state index contributed by atoms with van der Waals surface area (Å²) in [5, 5.41) is 13.0. The minimum atomic E-state index is -1.09. The highest BCUT2D eigenvalue weighted by atomic mass is 32.1. The van der Waals surface area contributed by atoms with Crippen LogP contribution in [-0.4, -0.2) is 39.1 Å². The van der Waals surface area contributed by atoms with Crippen molar-refractivity contribution in [2.24, 2.45) is 0 Å². The molecule has 19 heavy (non-hydrogen) atoms. The number of carbonyl (C=O) groups is 2. The van der Waals surface area contributed by atoms with E-state index in [2.05, 4.69) is 10.3 Å². The van der Waals surface area contributed by atoms with E-state index in [1.165, 1.54) is 16.2 Å². The van der Waals surface area contributed by atoms with Gasteiger partial charge >= 0.3 is 12.0 Å². The SMILES string of the molecule is Cc1ncc(CNC(=O)N2CCCC2(C)C(=O)O)s1. The van der Waals surface area contributed by atoms with Gasteiger partial charge in [0.1, 0.15) is 5.54 Å².